The first-order valence-corrected chi connectivity index (χ1v) is 9.38. The number of rotatable bonds is 8. The van der Waals surface area contributed by atoms with Crippen molar-refractivity contribution < 1.29 is 9.18 Å². The Hall–Kier alpha value is -2.43. The average molecular weight is 372 g/mol. The van der Waals surface area contributed by atoms with Crippen LogP contribution in [0.15, 0.2) is 51.8 Å². The maximum atomic E-state index is 13.5. The van der Waals surface area contributed by atoms with E-state index in [2.05, 4.69) is 24.0 Å². The zero-order valence-corrected chi connectivity index (χ0v) is 17.0. The van der Waals surface area contributed by atoms with Crippen molar-refractivity contribution in [3.63, 3.8) is 0 Å². The molecule has 0 atom stereocenters. The third-order valence-electron chi connectivity index (χ3n) is 4.95. The lowest BCUT2D eigenvalue weighted by atomic mass is 10.00. The molecule has 27 heavy (non-hydrogen) atoms. The fourth-order valence-electron chi connectivity index (χ4n) is 3.06. The summed E-state index contributed by atoms with van der Waals surface area (Å²) in [5.74, 6) is 0.277. The fraction of sp³-hybridized carbons (Fsp3) is 0.455. The zero-order valence-electron chi connectivity index (χ0n) is 17.0. The number of nitrogens with zero attached hydrogens (tertiary/aromatic N) is 2. The second-order valence-corrected chi connectivity index (χ2v) is 7.64. The maximum absolute atomic E-state index is 13.5. The number of allylic oxidation sites excluding steroid dienone is 1. The van der Waals surface area contributed by atoms with Crippen molar-refractivity contribution in [3.8, 4) is 0 Å². The molecule has 1 N–H and O–H groups in total. The van der Waals surface area contributed by atoms with Gasteiger partial charge in [0.15, 0.2) is 0 Å². The van der Waals surface area contributed by atoms with Crippen molar-refractivity contribution in [1.82, 2.24) is 10.2 Å². The highest BCUT2D eigenvalue weighted by atomic mass is 19.1. The molecule has 0 heterocycles. The minimum Gasteiger partial charge on any atom is -0.365 e. The predicted octanol–water partition coefficient (Wildman–Crippen LogP) is 4.58. The monoisotopic (exact) mass is 371 g/mol. The van der Waals surface area contributed by atoms with E-state index < -0.39 is 0 Å². The van der Waals surface area contributed by atoms with Gasteiger partial charge in [-0.15, -0.1) is 0 Å². The van der Waals surface area contributed by atoms with E-state index >= 15 is 0 Å². The summed E-state index contributed by atoms with van der Waals surface area (Å²) in [6.07, 6.45) is 2.16. The van der Waals surface area contributed by atoms with Gasteiger partial charge in [-0.05, 0) is 71.9 Å². The molecule has 4 nitrogen and oxygen atoms in total. The largest absolute Gasteiger partial charge is 0.365 e. The van der Waals surface area contributed by atoms with Crippen LogP contribution in [0.1, 0.15) is 53.0 Å². The van der Waals surface area contributed by atoms with Crippen LogP contribution in [0.5, 0.6) is 0 Å². The van der Waals surface area contributed by atoms with E-state index in [0.717, 1.165) is 29.6 Å². The van der Waals surface area contributed by atoms with E-state index in [1.165, 1.54) is 12.1 Å². The maximum Gasteiger partial charge on any atom is 0.254 e. The summed E-state index contributed by atoms with van der Waals surface area (Å²) in [4.78, 5) is 19.2. The Kier molecular flexibility index (Phi) is 6.58. The summed E-state index contributed by atoms with van der Waals surface area (Å²) in [7, 11) is 0. The molecular weight excluding hydrogens is 341 g/mol. The van der Waals surface area contributed by atoms with Gasteiger partial charge in [0.2, 0.25) is 0 Å². The van der Waals surface area contributed by atoms with E-state index in [1.54, 1.807) is 11.0 Å². The first-order chi connectivity index (χ1) is 12.7. The Labute approximate surface area is 161 Å². The number of halogens is 1. The standard InChI is InChI=1S/C22H30FN3O/c1-7-26(14-17-9-8-10-18(23)13-17)21(27)19(15(2)3)16(4)20(24-6)25-22(5)11-12-22/h8-10,13,25H,6-7,11-12,14H2,1-5H3/b20-16-. The number of hydrogen-bond acceptors (Lipinski definition) is 3. The Morgan fingerprint density at radius 2 is 2.00 bits per heavy atom. The highest BCUT2D eigenvalue weighted by Crippen LogP contribution is 2.36. The lowest BCUT2D eigenvalue weighted by Crippen LogP contribution is -2.34. The van der Waals surface area contributed by atoms with Gasteiger partial charge in [-0.3, -0.25) is 4.79 Å². The van der Waals surface area contributed by atoms with Crippen LogP contribution < -0.4 is 5.32 Å². The number of amides is 1. The van der Waals surface area contributed by atoms with Crippen LogP contribution in [0.2, 0.25) is 0 Å². The molecule has 1 aliphatic carbocycles. The third kappa shape index (κ3) is 5.28. The summed E-state index contributed by atoms with van der Waals surface area (Å²) in [6.45, 7) is 14.4. The number of carbonyl (C=O) groups is 1. The summed E-state index contributed by atoms with van der Waals surface area (Å²) >= 11 is 0. The Morgan fingerprint density at radius 3 is 2.48 bits per heavy atom. The van der Waals surface area contributed by atoms with Gasteiger partial charge in [0.1, 0.15) is 11.6 Å². The molecular formula is C22H30FN3O. The van der Waals surface area contributed by atoms with Crippen LogP contribution in [0.4, 0.5) is 4.39 Å². The van der Waals surface area contributed by atoms with Crippen molar-refractivity contribution in [2.24, 2.45) is 4.99 Å². The number of nitrogens with one attached hydrogen (secondary N) is 1. The van der Waals surface area contributed by atoms with E-state index in [0.29, 0.717) is 24.5 Å². The molecule has 1 aromatic carbocycles. The quantitative estimate of drug-likeness (QED) is 0.413. The van der Waals surface area contributed by atoms with Gasteiger partial charge in [-0.1, -0.05) is 17.7 Å². The van der Waals surface area contributed by atoms with Gasteiger partial charge >= 0.3 is 0 Å². The molecule has 0 unspecified atom stereocenters. The predicted molar refractivity (Wildman–Crippen MR) is 109 cm³/mol. The van der Waals surface area contributed by atoms with Crippen LogP contribution in [0.3, 0.4) is 0 Å². The molecule has 2 rings (SSSR count). The van der Waals surface area contributed by atoms with Crippen molar-refractivity contribution in [1.29, 1.82) is 0 Å². The Bertz CT molecular complexity index is 787. The zero-order chi connectivity index (χ0) is 20.2. The van der Waals surface area contributed by atoms with Crippen LogP contribution in [-0.2, 0) is 11.3 Å². The van der Waals surface area contributed by atoms with E-state index in [-0.39, 0.29) is 17.3 Å². The topological polar surface area (TPSA) is 44.7 Å². The molecule has 1 aromatic rings. The molecule has 1 aliphatic rings. The van der Waals surface area contributed by atoms with Crippen molar-refractivity contribution in [2.75, 3.05) is 6.54 Å². The van der Waals surface area contributed by atoms with E-state index in [4.69, 9.17) is 0 Å². The summed E-state index contributed by atoms with van der Waals surface area (Å²) < 4.78 is 13.5. The van der Waals surface area contributed by atoms with Gasteiger partial charge in [0, 0.05) is 29.8 Å². The molecule has 0 radical (unpaired) electrons. The summed E-state index contributed by atoms with van der Waals surface area (Å²) in [6, 6.07) is 6.36. The minimum atomic E-state index is -0.297. The summed E-state index contributed by atoms with van der Waals surface area (Å²) in [5.41, 5.74) is 3.15. The molecule has 0 aromatic heterocycles. The Morgan fingerprint density at radius 1 is 1.33 bits per heavy atom. The number of aliphatic imine (C=N–C) groups is 1. The first kappa shape index (κ1) is 20.9. The van der Waals surface area contributed by atoms with Crippen LogP contribution in [0.25, 0.3) is 0 Å². The normalized spacial score (nSPS) is 15.5. The molecule has 0 aliphatic heterocycles. The van der Waals surface area contributed by atoms with Gasteiger partial charge in [0.05, 0.1) is 0 Å². The summed E-state index contributed by atoms with van der Waals surface area (Å²) in [5, 5.41) is 3.42. The molecule has 0 spiro atoms. The van der Waals surface area contributed by atoms with Crippen LogP contribution in [0, 0.1) is 5.82 Å². The highest BCUT2D eigenvalue weighted by Gasteiger charge is 2.38. The van der Waals surface area contributed by atoms with Crippen molar-refractivity contribution in [2.45, 2.75) is 59.5 Å². The molecule has 5 heteroatoms. The average Bonchev–Trinajstić information content (AvgIpc) is 3.34. The smallest absolute Gasteiger partial charge is 0.254 e. The van der Waals surface area contributed by atoms with Crippen molar-refractivity contribution >= 4 is 12.6 Å². The van der Waals surface area contributed by atoms with Gasteiger partial charge < -0.3 is 10.2 Å². The number of likely N-dealkylation sites (N-methyl/N-ethyl adjacent to an activating group) is 1. The van der Waals surface area contributed by atoms with Crippen LogP contribution in [-0.4, -0.2) is 29.6 Å². The third-order valence-corrected chi connectivity index (χ3v) is 4.95. The highest BCUT2D eigenvalue weighted by molar-refractivity contribution is 5.98. The lowest BCUT2D eigenvalue weighted by Gasteiger charge is -2.25. The van der Waals surface area contributed by atoms with E-state index in [9.17, 15) is 9.18 Å². The Balaban J connectivity index is 2.32. The molecule has 0 saturated heterocycles. The first-order valence-electron chi connectivity index (χ1n) is 9.38. The molecule has 1 amide bonds. The number of benzene rings is 1. The number of hydrogen-bond donors (Lipinski definition) is 1. The fourth-order valence-corrected chi connectivity index (χ4v) is 3.06. The molecule has 146 valence electrons. The SMILES string of the molecule is C=N/C(NC1(C)CC1)=C(\C)C(C(=O)N(CC)Cc1cccc(F)c1)=C(C)C. The van der Waals surface area contributed by atoms with Gasteiger partial charge in [0.25, 0.3) is 5.91 Å². The molecule has 0 bridgehead atoms. The second kappa shape index (κ2) is 8.51. The van der Waals surface area contributed by atoms with Crippen molar-refractivity contribution in [3.05, 3.63) is 58.2 Å². The number of carbonyl (C=O) groups excluding carboxylic acids is 1. The van der Waals surface area contributed by atoms with Gasteiger partial charge in [-0.25, -0.2) is 9.38 Å². The molecule has 1 fully saturated rings. The van der Waals surface area contributed by atoms with Gasteiger partial charge in [-0.2, -0.15) is 0 Å². The molecule has 1 saturated carbocycles. The lowest BCUT2D eigenvalue weighted by molar-refractivity contribution is -0.127. The minimum absolute atomic E-state index is 0.0413. The van der Waals surface area contributed by atoms with E-state index in [1.807, 2.05) is 33.8 Å². The van der Waals surface area contributed by atoms with Crippen LogP contribution >= 0.6 is 0 Å². The second-order valence-electron chi connectivity index (χ2n) is 7.64.